The summed E-state index contributed by atoms with van der Waals surface area (Å²) in [7, 11) is 1.70. The summed E-state index contributed by atoms with van der Waals surface area (Å²) in [5.74, 6) is 0.900. The Balaban J connectivity index is 2.67. The maximum atomic E-state index is 6.08. The largest absolute Gasteiger partial charge is 0.493 e. The molecule has 4 heteroatoms. The maximum absolute atomic E-state index is 6.08. The second-order valence-corrected chi connectivity index (χ2v) is 4.99. The average molecular weight is 286 g/mol. The van der Waals surface area contributed by atoms with Crippen LogP contribution in [0.5, 0.6) is 5.75 Å². The van der Waals surface area contributed by atoms with Gasteiger partial charge in [0.05, 0.1) is 6.61 Å². The molecule has 0 heterocycles. The Kier molecular flexibility index (Phi) is 7.87. The summed E-state index contributed by atoms with van der Waals surface area (Å²) in [5, 5.41) is 4.19. The van der Waals surface area contributed by atoms with E-state index in [0.29, 0.717) is 13.2 Å². The molecule has 0 aliphatic rings. The molecule has 0 radical (unpaired) electrons. The van der Waals surface area contributed by atoms with Gasteiger partial charge in [-0.25, -0.2) is 0 Å². The van der Waals surface area contributed by atoms with E-state index >= 15 is 0 Å². The fraction of sp³-hybridized carbons (Fsp3) is 0.600. The molecule has 3 nitrogen and oxygen atoms in total. The normalized spacial score (nSPS) is 12.4. The van der Waals surface area contributed by atoms with Crippen LogP contribution in [0.25, 0.3) is 0 Å². The van der Waals surface area contributed by atoms with Crippen molar-refractivity contribution in [3.63, 3.8) is 0 Å². The third-order valence-corrected chi connectivity index (χ3v) is 3.12. The van der Waals surface area contributed by atoms with E-state index in [0.717, 1.165) is 35.7 Å². The first kappa shape index (κ1) is 16.3. The van der Waals surface area contributed by atoms with Gasteiger partial charge in [-0.2, -0.15) is 0 Å². The van der Waals surface area contributed by atoms with Crippen molar-refractivity contribution >= 4 is 11.6 Å². The molecule has 0 fully saturated rings. The van der Waals surface area contributed by atoms with Gasteiger partial charge in [0.2, 0.25) is 0 Å². The van der Waals surface area contributed by atoms with Gasteiger partial charge in [-0.1, -0.05) is 18.5 Å². The highest BCUT2D eigenvalue weighted by atomic mass is 35.5. The molecule has 108 valence electrons. The van der Waals surface area contributed by atoms with Gasteiger partial charge in [-0.3, -0.25) is 0 Å². The van der Waals surface area contributed by atoms with Gasteiger partial charge in [0.25, 0.3) is 0 Å². The number of hydrogen-bond acceptors (Lipinski definition) is 3. The minimum absolute atomic E-state index is 0.232. The number of benzene rings is 1. The summed E-state index contributed by atoms with van der Waals surface area (Å²) in [4.78, 5) is 0. The minimum Gasteiger partial charge on any atom is -0.493 e. The highest BCUT2D eigenvalue weighted by Crippen LogP contribution is 2.28. The summed E-state index contributed by atoms with van der Waals surface area (Å²) in [5.41, 5.74) is 1.11. The Bertz CT molecular complexity index is 371. The number of halogens is 1. The lowest BCUT2D eigenvalue weighted by atomic mass is 10.1. The van der Waals surface area contributed by atoms with Crippen molar-refractivity contribution in [2.24, 2.45) is 0 Å². The molecule has 0 spiro atoms. The molecular formula is C15H24ClNO2. The predicted octanol–water partition coefficient (Wildman–Crippen LogP) is 3.82. The van der Waals surface area contributed by atoms with Crippen LogP contribution in [0.1, 0.15) is 38.3 Å². The zero-order valence-electron chi connectivity index (χ0n) is 12.0. The van der Waals surface area contributed by atoms with Gasteiger partial charge < -0.3 is 14.8 Å². The first-order valence-electron chi connectivity index (χ1n) is 6.83. The van der Waals surface area contributed by atoms with Crippen LogP contribution in [-0.4, -0.2) is 26.9 Å². The van der Waals surface area contributed by atoms with E-state index in [9.17, 15) is 0 Å². The third kappa shape index (κ3) is 5.81. The van der Waals surface area contributed by atoms with Crippen LogP contribution in [0.15, 0.2) is 18.2 Å². The van der Waals surface area contributed by atoms with Crippen molar-refractivity contribution in [1.29, 1.82) is 0 Å². The first-order valence-corrected chi connectivity index (χ1v) is 7.21. The molecule has 0 bridgehead atoms. The molecule has 0 aliphatic carbocycles. The van der Waals surface area contributed by atoms with E-state index in [2.05, 4.69) is 19.2 Å². The Hall–Kier alpha value is -0.770. The molecule has 1 atom stereocenters. The van der Waals surface area contributed by atoms with Crippen LogP contribution in [0.4, 0.5) is 0 Å². The van der Waals surface area contributed by atoms with Gasteiger partial charge in [0.15, 0.2) is 0 Å². The predicted molar refractivity (Wildman–Crippen MR) is 80.1 cm³/mol. The second kappa shape index (κ2) is 9.18. The van der Waals surface area contributed by atoms with Crippen LogP contribution in [0, 0.1) is 0 Å². The fourth-order valence-electron chi connectivity index (χ4n) is 1.85. The molecule has 0 aliphatic heterocycles. The average Bonchev–Trinajstić information content (AvgIpc) is 2.42. The van der Waals surface area contributed by atoms with Crippen LogP contribution in [-0.2, 0) is 4.74 Å². The molecule has 0 amide bonds. The minimum atomic E-state index is 0.232. The van der Waals surface area contributed by atoms with Crippen molar-refractivity contribution in [1.82, 2.24) is 5.32 Å². The first-order chi connectivity index (χ1) is 9.19. The SMILES string of the molecule is CCCNC(C)c1cc(Cl)ccc1OCCCOC. The Morgan fingerprint density at radius 2 is 2.11 bits per heavy atom. The lowest BCUT2D eigenvalue weighted by Gasteiger charge is -2.18. The van der Waals surface area contributed by atoms with E-state index < -0.39 is 0 Å². The number of hydrogen-bond donors (Lipinski definition) is 1. The summed E-state index contributed by atoms with van der Waals surface area (Å²) in [6.07, 6.45) is 1.99. The third-order valence-electron chi connectivity index (χ3n) is 2.89. The van der Waals surface area contributed by atoms with Crippen LogP contribution in [0.3, 0.4) is 0 Å². The Morgan fingerprint density at radius 3 is 2.79 bits per heavy atom. The Labute approximate surface area is 121 Å². The summed E-state index contributed by atoms with van der Waals surface area (Å²) in [6.45, 7) is 6.63. The second-order valence-electron chi connectivity index (χ2n) is 4.55. The molecule has 0 saturated heterocycles. The van der Waals surface area contributed by atoms with E-state index in [4.69, 9.17) is 21.1 Å². The molecule has 19 heavy (non-hydrogen) atoms. The Morgan fingerprint density at radius 1 is 1.32 bits per heavy atom. The topological polar surface area (TPSA) is 30.5 Å². The van der Waals surface area contributed by atoms with Crippen LogP contribution >= 0.6 is 11.6 Å². The van der Waals surface area contributed by atoms with Crippen molar-refractivity contribution in [3.8, 4) is 5.75 Å². The monoisotopic (exact) mass is 285 g/mol. The molecule has 0 aromatic heterocycles. The molecular weight excluding hydrogens is 262 g/mol. The number of methoxy groups -OCH3 is 1. The molecule has 1 aromatic carbocycles. The van der Waals surface area contributed by atoms with Crippen LogP contribution < -0.4 is 10.1 Å². The van der Waals surface area contributed by atoms with Gasteiger partial charge in [0, 0.05) is 36.8 Å². The smallest absolute Gasteiger partial charge is 0.124 e. The van der Waals surface area contributed by atoms with Crippen molar-refractivity contribution in [3.05, 3.63) is 28.8 Å². The summed E-state index contributed by atoms with van der Waals surface area (Å²) in [6, 6.07) is 6.01. The van der Waals surface area contributed by atoms with Gasteiger partial charge in [-0.15, -0.1) is 0 Å². The van der Waals surface area contributed by atoms with Gasteiger partial charge >= 0.3 is 0 Å². The number of nitrogens with one attached hydrogen (secondary N) is 1. The van der Waals surface area contributed by atoms with Crippen molar-refractivity contribution in [2.45, 2.75) is 32.7 Å². The molecule has 1 N–H and O–H groups in total. The fourth-order valence-corrected chi connectivity index (χ4v) is 2.03. The van der Waals surface area contributed by atoms with E-state index in [1.807, 2.05) is 18.2 Å². The van der Waals surface area contributed by atoms with E-state index in [-0.39, 0.29) is 6.04 Å². The van der Waals surface area contributed by atoms with Crippen molar-refractivity contribution < 1.29 is 9.47 Å². The highest BCUT2D eigenvalue weighted by molar-refractivity contribution is 6.30. The summed E-state index contributed by atoms with van der Waals surface area (Å²) < 4.78 is 10.8. The van der Waals surface area contributed by atoms with E-state index in [1.165, 1.54) is 0 Å². The highest BCUT2D eigenvalue weighted by Gasteiger charge is 2.11. The van der Waals surface area contributed by atoms with Gasteiger partial charge in [0.1, 0.15) is 5.75 Å². The molecule has 1 unspecified atom stereocenters. The molecule has 1 aromatic rings. The lowest BCUT2D eigenvalue weighted by molar-refractivity contribution is 0.171. The van der Waals surface area contributed by atoms with E-state index in [1.54, 1.807) is 7.11 Å². The molecule has 1 rings (SSSR count). The van der Waals surface area contributed by atoms with Crippen LogP contribution in [0.2, 0.25) is 5.02 Å². The number of ether oxygens (including phenoxy) is 2. The number of rotatable bonds is 9. The van der Waals surface area contributed by atoms with Crippen molar-refractivity contribution in [2.75, 3.05) is 26.9 Å². The van der Waals surface area contributed by atoms with Gasteiger partial charge in [-0.05, 0) is 38.1 Å². The zero-order chi connectivity index (χ0) is 14.1. The standard InChI is InChI=1S/C15H24ClNO2/c1-4-8-17-12(2)14-11-13(16)6-7-15(14)19-10-5-9-18-3/h6-7,11-12,17H,4-5,8-10H2,1-3H3. The zero-order valence-corrected chi connectivity index (χ0v) is 12.8. The maximum Gasteiger partial charge on any atom is 0.124 e. The quantitative estimate of drug-likeness (QED) is 0.700. The molecule has 0 saturated carbocycles. The summed E-state index contributed by atoms with van der Waals surface area (Å²) >= 11 is 6.08. The lowest BCUT2D eigenvalue weighted by Crippen LogP contribution is -2.20.